The van der Waals surface area contributed by atoms with Crippen molar-refractivity contribution in [3.63, 3.8) is 0 Å². The lowest BCUT2D eigenvalue weighted by atomic mass is 10.2. The Morgan fingerprint density at radius 3 is 2.54 bits per heavy atom. The Morgan fingerprint density at radius 2 is 1.85 bits per heavy atom. The van der Waals surface area contributed by atoms with E-state index in [-0.39, 0.29) is 16.5 Å². The van der Waals surface area contributed by atoms with Crippen LogP contribution in [0.15, 0.2) is 64.1 Å². The normalized spacial score (nSPS) is 16.1. The molecule has 2 aromatic carbocycles. The monoisotopic (exact) mass is 374 g/mol. The Hall–Kier alpha value is -2.84. The average molecular weight is 374 g/mol. The molecule has 0 N–H and O–H groups in total. The van der Waals surface area contributed by atoms with Gasteiger partial charge in [-0.3, -0.25) is 0 Å². The predicted octanol–water partition coefficient (Wildman–Crippen LogP) is 2.42. The van der Waals surface area contributed by atoms with Crippen LogP contribution in [-0.2, 0) is 19.6 Å². The summed E-state index contributed by atoms with van der Waals surface area (Å²) in [6, 6.07) is 11.6. The van der Waals surface area contributed by atoms with Crippen molar-refractivity contribution in [2.75, 3.05) is 14.1 Å². The minimum absolute atomic E-state index is 0.00599. The minimum Gasteiger partial charge on any atom is -0.402 e. The molecule has 8 heteroatoms. The topological polar surface area (TPSA) is 76.0 Å². The van der Waals surface area contributed by atoms with Gasteiger partial charge in [-0.1, -0.05) is 18.2 Å². The predicted molar refractivity (Wildman–Crippen MR) is 94.3 cm³/mol. The second-order valence-corrected chi connectivity index (χ2v) is 7.86. The average Bonchev–Trinajstić information content (AvgIpc) is 2.96. The van der Waals surface area contributed by atoms with Crippen LogP contribution in [0.1, 0.15) is 11.1 Å². The van der Waals surface area contributed by atoms with Crippen molar-refractivity contribution in [1.29, 1.82) is 0 Å². The SMILES string of the molecule is CN(C)S(=O)(=O)c1cccc(C2=N/C(=C/c3cccc(F)c3)C(=O)O2)c1. The van der Waals surface area contributed by atoms with Crippen LogP contribution in [-0.4, -0.2) is 38.7 Å². The maximum atomic E-state index is 13.3. The highest BCUT2D eigenvalue weighted by Gasteiger charge is 2.26. The molecule has 0 fully saturated rings. The number of sulfonamides is 1. The number of nitrogens with zero attached hydrogens (tertiary/aromatic N) is 2. The highest BCUT2D eigenvalue weighted by atomic mass is 32.2. The number of carbonyl (C=O) groups is 1. The molecule has 0 atom stereocenters. The van der Waals surface area contributed by atoms with Gasteiger partial charge < -0.3 is 4.74 Å². The third-order valence-electron chi connectivity index (χ3n) is 3.63. The molecule has 134 valence electrons. The fraction of sp³-hybridized carbons (Fsp3) is 0.111. The van der Waals surface area contributed by atoms with E-state index in [1.54, 1.807) is 12.1 Å². The van der Waals surface area contributed by atoms with E-state index >= 15 is 0 Å². The summed E-state index contributed by atoms with van der Waals surface area (Å²) in [4.78, 5) is 16.2. The lowest BCUT2D eigenvalue weighted by Crippen LogP contribution is -2.22. The first-order valence-electron chi connectivity index (χ1n) is 7.58. The molecule has 3 rings (SSSR count). The van der Waals surface area contributed by atoms with Gasteiger partial charge in [0.15, 0.2) is 5.70 Å². The van der Waals surface area contributed by atoms with Crippen molar-refractivity contribution in [2.24, 2.45) is 4.99 Å². The minimum atomic E-state index is -3.63. The summed E-state index contributed by atoms with van der Waals surface area (Å²) in [5.74, 6) is -1.13. The lowest BCUT2D eigenvalue weighted by molar-refractivity contribution is -0.129. The quantitative estimate of drug-likeness (QED) is 0.608. The number of esters is 1. The second kappa shape index (κ2) is 6.81. The maximum absolute atomic E-state index is 13.3. The van der Waals surface area contributed by atoms with Crippen molar-refractivity contribution in [3.05, 3.63) is 71.2 Å². The van der Waals surface area contributed by atoms with Gasteiger partial charge in [-0.2, -0.15) is 0 Å². The highest BCUT2D eigenvalue weighted by Crippen LogP contribution is 2.22. The molecule has 1 heterocycles. The Kier molecular flexibility index (Phi) is 4.71. The molecule has 0 unspecified atom stereocenters. The Bertz CT molecular complexity index is 1040. The van der Waals surface area contributed by atoms with Crippen LogP contribution in [0.4, 0.5) is 4.39 Å². The smallest absolute Gasteiger partial charge is 0.363 e. The molecule has 2 aromatic rings. The molecule has 0 amide bonds. The van der Waals surface area contributed by atoms with E-state index in [1.807, 2.05) is 0 Å². The van der Waals surface area contributed by atoms with Crippen molar-refractivity contribution < 1.29 is 22.3 Å². The van der Waals surface area contributed by atoms with Crippen molar-refractivity contribution >= 4 is 28.0 Å². The van der Waals surface area contributed by atoms with E-state index < -0.39 is 21.8 Å². The van der Waals surface area contributed by atoms with Gasteiger partial charge in [0.1, 0.15) is 5.82 Å². The van der Waals surface area contributed by atoms with Crippen LogP contribution >= 0.6 is 0 Å². The number of carbonyl (C=O) groups excluding carboxylic acids is 1. The number of aliphatic imine (C=N–C) groups is 1. The van der Waals surface area contributed by atoms with E-state index in [9.17, 15) is 17.6 Å². The lowest BCUT2D eigenvalue weighted by Gasteiger charge is -2.11. The molecule has 1 aliphatic heterocycles. The van der Waals surface area contributed by atoms with Gasteiger partial charge >= 0.3 is 5.97 Å². The summed E-state index contributed by atoms with van der Waals surface area (Å²) in [6.07, 6.45) is 1.40. The molecule has 26 heavy (non-hydrogen) atoms. The van der Waals surface area contributed by atoms with E-state index in [0.717, 1.165) is 4.31 Å². The summed E-state index contributed by atoms with van der Waals surface area (Å²) in [5.41, 5.74) is 0.821. The summed E-state index contributed by atoms with van der Waals surface area (Å²) in [6.45, 7) is 0. The summed E-state index contributed by atoms with van der Waals surface area (Å²) >= 11 is 0. The zero-order chi connectivity index (χ0) is 18.9. The van der Waals surface area contributed by atoms with Gasteiger partial charge in [-0.25, -0.2) is 26.9 Å². The fourth-order valence-corrected chi connectivity index (χ4v) is 3.24. The molecule has 0 aliphatic carbocycles. The molecule has 6 nitrogen and oxygen atoms in total. The molecular weight excluding hydrogens is 359 g/mol. The number of hydrogen-bond donors (Lipinski definition) is 0. The number of hydrogen-bond acceptors (Lipinski definition) is 5. The maximum Gasteiger partial charge on any atom is 0.363 e. The number of halogens is 1. The zero-order valence-corrected chi connectivity index (χ0v) is 14.8. The van der Waals surface area contributed by atoms with Crippen LogP contribution < -0.4 is 0 Å². The standard InChI is InChI=1S/C18H15FN2O4S/c1-21(2)26(23,24)15-8-4-6-13(11-15)17-20-16(18(22)25-17)10-12-5-3-7-14(19)9-12/h3-11H,1-2H3/b16-10+. The Morgan fingerprint density at radius 1 is 1.12 bits per heavy atom. The van der Waals surface area contributed by atoms with E-state index in [0.29, 0.717) is 11.1 Å². The van der Waals surface area contributed by atoms with Crippen LogP contribution in [0, 0.1) is 5.82 Å². The van der Waals surface area contributed by atoms with Crippen molar-refractivity contribution in [3.8, 4) is 0 Å². The Labute approximate surface area is 150 Å². The molecule has 0 spiro atoms. The largest absolute Gasteiger partial charge is 0.402 e. The van der Waals surface area contributed by atoms with Crippen molar-refractivity contribution in [1.82, 2.24) is 4.31 Å². The van der Waals surface area contributed by atoms with Crippen molar-refractivity contribution in [2.45, 2.75) is 4.90 Å². The first-order valence-corrected chi connectivity index (χ1v) is 9.02. The van der Waals surface area contributed by atoms with Crippen LogP contribution in [0.2, 0.25) is 0 Å². The summed E-state index contributed by atoms with van der Waals surface area (Å²) in [5, 5.41) is 0. The van der Waals surface area contributed by atoms with Gasteiger partial charge in [0.05, 0.1) is 4.90 Å². The van der Waals surface area contributed by atoms with E-state index in [1.165, 1.54) is 56.6 Å². The molecular formula is C18H15FN2O4S. The number of rotatable bonds is 4. The molecule has 1 aliphatic rings. The molecule has 0 aromatic heterocycles. The van der Waals surface area contributed by atoms with Gasteiger partial charge in [0.25, 0.3) is 0 Å². The van der Waals surface area contributed by atoms with E-state index in [2.05, 4.69) is 4.99 Å². The fourth-order valence-electron chi connectivity index (χ4n) is 2.29. The molecule has 0 radical (unpaired) electrons. The second-order valence-electron chi connectivity index (χ2n) is 5.71. The third kappa shape index (κ3) is 3.56. The summed E-state index contributed by atoms with van der Waals surface area (Å²) in [7, 11) is -0.777. The van der Waals surface area contributed by atoms with Gasteiger partial charge in [0.2, 0.25) is 15.9 Å². The molecule has 0 saturated carbocycles. The molecule has 0 bridgehead atoms. The zero-order valence-electron chi connectivity index (χ0n) is 14.0. The van der Waals surface area contributed by atoms with Crippen LogP contribution in [0.5, 0.6) is 0 Å². The van der Waals surface area contributed by atoms with Gasteiger partial charge in [0, 0.05) is 19.7 Å². The Balaban J connectivity index is 1.97. The van der Waals surface area contributed by atoms with Gasteiger partial charge in [-0.15, -0.1) is 0 Å². The number of benzene rings is 2. The number of cyclic esters (lactones) is 1. The first kappa shape index (κ1) is 18.0. The number of ether oxygens (including phenoxy) is 1. The highest BCUT2D eigenvalue weighted by molar-refractivity contribution is 7.89. The van der Waals surface area contributed by atoms with Crippen LogP contribution in [0.25, 0.3) is 6.08 Å². The summed E-state index contributed by atoms with van der Waals surface area (Å²) < 4.78 is 43.9. The van der Waals surface area contributed by atoms with Crippen LogP contribution in [0.3, 0.4) is 0 Å². The molecule has 0 saturated heterocycles. The van der Waals surface area contributed by atoms with Gasteiger partial charge in [-0.05, 0) is 42.0 Å². The first-order chi connectivity index (χ1) is 12.3. The van der Waals surface area contributed by atoms with E-state index in [4.69, 9.17) is 4.74 Å². The third-order valence-corrected chi connectivity index (χ3v) is 5.44.